The van der Waals surface area contributed by atoms with Crippen molar-refractivity contribution in [3.05, 3.63) is 23.8 Å². The predicted octanol–water partition coefficient (Wildman–Crippen LogP) is 1.99. The predicted molar refractivity (Wildman–Crippen MR) is 101 cm³/mol. The molecule has 0 aliphatic carbocycles. The maximum Gasteiger partial charge on any atom is 0.341 e. The van der Waals surface area contributed by atoms with Gasteiger partial charge in [0.15, 0.2) is 6.61 Å². The molecule has 0 spiro atoms. The molecule has 1 aliphatic rings. The van der Waals surface area contributed by atoms with E-state index in [4.69, 9.17) is 9.84 Å². The van der Waals surface area contributed by atoms with Crippen LogP contribution in [0.15, 0.2) is 18.2 Å². The number of hydrogen-bond acceptors (Lipinski definition) is 5. The molecular formula is C18H26N2O6S. The van der Waals surface area contributed by atoms with Crippen LogP contribution in [0.2, 0.25) is 0 Å². The molecular weight excluding hydrogens is 372 g/mol. The van der Waals surface area contributed by atoms with Crippen LogP contribution in [0.25, 0.3) is 0 Å². The van der Waals surface area contributed by atoms with E-state index in [1.807, 2.05) is 6.92 Å². The molecule has 150 valence electrons. The number of aliphatic carboxylic acids is 1. The number of nitrogens with zero attached hydrogens (tertiary/aromatic N) is 1. The fraction of sp³-hybridized carbons (Fsp3) is 0.556. The topological polar surface area (TPSA) is 113 Å². The Morgan fingerprint density at radius 3 is 2.74 bits per heavy atom. The molecule has 1 unspecified atom stereocenters. The first-order valence-corrected chi connectivity index (χ1v) is 10.6. The first-order chi connectivity index (χ1) is 12.7. The van der Waals surface area contributed by atoms with E-state index in [9.17, 15) is 18.0 Å². The van der Waals surface area contributed by atoms with Crippen molar-refractivity contribution in [2.45, 2.75) is 45.6 Å². The standard InChI is InChI=1S/C18H26N2O6S/c1-3-4-10-27(24,25)20-9-5-6-16(20)18(23)19-15-8-7-14(11-13(15)2)26-12-17(21)22/h7-8,11,16H,3-6,9-10,12H2,1-2H3,(H,19,23)(H,21,22). The summed E-state index contributed by atoms with van der Waals surface area (Å²) in [6.07, 6.45) is 2.50. The van der Waals surface area contributed by atoms with E-state index in [0.717, 1.165) is 6.42 Å². The molecule has 27 heavy (non-hydrogen) atoms. The summed E-state index contributed by atoms with van der Waals surface area (Å²) in [5.74, 6) is -0.981. The summed E-state index contributed by atoms with van der Waals surface area (Å²) < 4.78 is 31.4. The number of carbonyl (C=O) groups excluding carboxylic acids is 1. The Hall–Kier alpha value is -2.13. The third-order valence-electron chi connectivity index (χ3n) is 4.44. The van der Waals surface area contributed by atoms with Crippen molar-refractivity contribution in [3.63, 3.8) is 0 Å². The molecule has 1 aliphatic heterocycles. The van der Waals surface area contributed by atoms with E-state index in [1.54, 1.807) is 25.1 Å². The van der Waals surface area contributed by atoms with Crippen molar-refractivity contribution in [1.29, 1.82) is 0 Å². The summed E-state index contributed by atoms with van der Waals surface area (Å²) in [6.45, 7) is 3.60. The zero-order valence-corrected chi connectivity index (χ0v) is 16.4. The Bertz CT molecular complexity index is 793. The molecule has 1 aromatic carbocycles. The van der Waals surface area contributed by atoms with Gasteiger partial charge in [-0.1, -0.05) is 13.3 Å². The van der Waals surface area contributed by atoms with E-state index in [0.29, 0.717) is 42.8 Å². The van der Waals surface area contributed by atoms with Crippen molar-refractivity contribution < 1.29 is 27.9 Å². The molecule has 1 heterocycles. The van der Waals surface area contributed by atoms with Crippen LogP contribution in [0, 0.1) is 6.92 Å². The highest BCUT2D eigenvalue weighted by Crippen LogP contribution is 2.26. The van der Waals surface area contributed by atoms with Gasteiger partial charge in [0.1, 0.15) is 11.8 Å². The SMILES string of the molecule is CCCCS(=O)(=O)N1CCCC1C(=O)Nc1ccc(OCC(=O)O)cc1C. The highest BCUT2D eigenvalue weighted by Gasteiger charge is 2.38. The molecule has 0 bridgehead atoms. The molecule has 1 saturated heterocycles. The highest BCUT2D eigenvalue weighted by atomic mass is 32.2. The maximum atomic E-state index is 12.7. The van der Waals surface area contributed by atoms with Crippen molar-refractivity contribution in [1.82, 2.24) is 4.31 Å². The molecule has 1 atom stereocenters. The van der Waals surface area contributed by atoms with Gasteiger partial charge in [-0.15, -0.1) is 0 Å². The van der Waals surface area contributed by atoms with Crippen LogP contribution >= 0.6 is 0 Å². The summed E-state index contributed by atoms with van der Waals surface area (Å²) in [5.41, 5.74) is 1.24. The third-order valence-corrected chi connectivity index (χ3v) is 6.39. The summed E-state index contributed by atoms with van der Waals surface area (Å²) in [7, 11) is -3.44. The number of sulfonamides is 1. The fourth-order valence-electron chi connectivity index (χ4n) is 3.01. The Kier molecular flexibility index (Phi) is 7.20. The normalized spacial score (nSPS) is 17.6. The average molecular weight is 398 g/mol. The molecule has 9 heteroatoms. The quantitative estimate of drug-likeness (QED) is 0.658. The van der Waals surface area contributed by atoms with Gasteiger partial charge in [-0.3, -0.25) is 4.79 Å². The Morgan fingerprint density at radius 1 is 1.37 bits per heavy atom. The van der Waals surface area contributed by atoms with Crippen LogP contribution in [-0.2, 0) is 19.6 Å². The summed E-state index contributed by atoms with van der Waals surface area (Å²) in [6, 6.07) is 4.11. The minimum absolute atomic E-state index is 0.0575. The van der Waals surface area contributed by atoms with Gasteiger partial charge in [-0.25, -0.2) is 13.2 Å². The lowest BCUT2D eigenvalue weighted by molar-refractivity contribution is -0.139. The van der Waals surface area contributed by atoms with Crippen molar-refractivity contribution >= 4 is 27.6 Å². The van der Waals surface area contributed by atoms with Gasteiger partial charge in [0.25, 0.3) is 0 Å². The number of aryl methyl sites for hydroxylation is 1. The number of amides is 1. The largest absolute Gasteiger partial charge is 0.482 e. The highest BCUT2D eigenvalue weighted by molar-refractivity contribution is 7.89. The number of unbranched alkanes of at least 4 members (excludes halogenated alkanes) is 1. The lowest BCUT2D eigenvalue weighted by Gasteiger charge is -2.23. The van der Waals surface area contributed by atoms with Crippen LogP contribution < -0.4 is 10.1 Å². The number of carboxylic acids is 1. The minimum atomic E-state index is -3.44. The molecule has 2 rings (SSSR count). The second kappa shape index (κ2) is 9.18. The van der Waals surface area contributed by atoms with Gasteiger partial charge in [0.2, 0.25) is 15.9 Å². The van der Waals surface area contributed by atoms with Crippen LogP contribution in [0.1, 0.15) is 38.2 Å². The number of hydrogen-bond donors (Lipinski definition) is 2. The maximum absolute atomic E-state index is 12.7. The van der Waals surface area contributed by atoms with E-state index >= 15 is 0 Å². The van der Waals surface area contributed by atoms with Crippen molar-refractivity contribution in [2.24, 2.45) is 0 Å². The number of carboxylic acid groups (broad SMARTS) is 1. The number of rotatable bonds is 9. The van der Waals surface area contributed by atoms with Crippen molar-refractivity contribution in [3.8, 4) is 5.75 Å². The second-order valence-corrected chi connectivity index (χ2v) is 8.63. The Labute approximate surface area is 159 Å². The van der Waals surface area contributed by atoms with E-state index < -0.39 is 28.6 Å². The van der Waals surface area contributed by atoms with E-state index in [-0.39, 0.29) is 11.7 Å². The van der Waals surface area contributed by atoms with Crippen LogP contribution in [-0.4, -0.2) is 54.7 Å². The molecule has 2 N–H and O–H groups in total. The lowest BCUT2D eigenvalue weighted by Crippen LogP contribution is -2.44. The Balaban J connectivity index is 2.06. The van der Waals surface area contributed by atoms with Gasteiger partial charge in [0.05, 0.1) is 5.75 Å². The average Bonchev–Trinajstić information content (AvgIpc) is 3.11. The van der Waals surface area contributed by atoms with Gasteiger partial charge in [-0.05, 0) is 49.9 Å². The zero-order chi connectivity index (χ0) is 20.0. The van der Waals surface area contributed by atoms with Crippen LogP contribution in [0.4, 0.5) is 5.69 Å². The first-order valence-electron chi connectivity index (χ1n) is 9.00. The van der Waals surface area contributed by atoms with Gasteiger partial charge >= 0.3 is 5.97 Å². The van der Waals surface area contributed by atoms with Crippen LogP contribution in [0.3, 0.4) is 0 Å². The summed E-state index contributed by atoms with van der Waals surface area (Å²) >= 11 is 0. The number of ether oxygens (including phenoxy) is 1. The molecule has 0 radical (unpaired) electrons. The lowest BCUT2D eigenvalue weighted by atomic mass is 10.1. The molecule has 1 fully saturated rings. The zero-order valence-electron chi connectivity index (χ0n) is 15.6. The van der Waals surface area contributed by atoms with Crippen molar-refractivity contribution in [2.75, 3.05) is 24.2 Å². The van der Waals surface area contributed by atoms with Crippen LogP contribution in [0.5, 0.6) is 5.75 Å². The van der Waals surface area contributed by atoms with Gasteiger partial charge in [-0.2, -0.15) is 4.31 Å². The molecule has 1 aromatic rings. The smallest absolute Gasteiger partial charge is 0.341 e. The minimum Gasteiger partial charge on any atom is -0.482 e. The monoisotopic (exact) mass is 398 g/mol. The van der Waals surface area contributed by atoms with Gasteiger partial charge in [0, 0.05) is 12.2 Å². The fourth-order valence-corrected chi connectivity index (χ4v) is 4.89. The summed E-state index contributed by atoms with van der Waals surface area (Å²) in [5, 5.41) is 11.4. The number of anilines is 1. The number of nitrogens with one attached hydrogen (secondary N) is 1. The second-order valence-electron chi connectivity index (χ2n) is 6.59. The van der Waals surface area contributed by atoms with E-state index in [2.05, 4.69) is 5.32 Å². The third kappa shape index (κ3) is 5.67. The number of carbonyl (C=O) groups is 2. The first kappa shape index (κ1) is 21.2. The van der Waals surface area contributed by atoms with E-state index in [1.165, 1.54) is 4.31 Å². The molecule has 8 nitrogen and oxygen atoms in total. The number of benzene rings is 1. The molecule has 1 amide bonds. The molecule has 0 saturated carbocycles. The Morgan fingerprint density at radius 2 is 2.11 bits per heavy atom. The molecule has 0 aromatic heterocycles. The van der Waals surface area contributed by atoms with Gasteiger partial charge < -0.3 is 15.2 Å². The summed E-state index contributed by atoms with van der Waals surface area (Å²) in [4.78, 5) is 23.2.